The number of ether oxygens (including phenoxy) is 1. The highest BCUT2D eigenvalue weighted by Gasteiger charge is 2.18. The molecule has 0 bridgehead atoms. The topological polar surface area (TPSA) is 29.5 Å². The van der Waals surface area contributed by atoms with E-state index in [1.807, 2.05) is 0 Å². The third-order valence-corrected chi connectivity index (χ3v) is 0.566. The maximum Gasteiger partial charge on any atom is 0.293 e. The van der Waals surface area contributed by atoms with Crippen molar-refractivity contribution in [1.29, 1.82) is 0 Å². The van der Waals surface area contributed by atoms with E-state index < -0.39 is 26.0 Å². The van der Waals surface area contributed by atoms with Crippen molar-refractivity contribution in [2.75, 3.05) is 13.2 Å². The van der Waals surface area contributed by atoms with E-state index in [2.05, 4.69) is 4.74 Å². The lowest BCUT2D eigenvalue weighted by Gasteiger charge is -2.05. The van der Waals surface area contributed by atoms with Crippen LogP contribution < -0.4 is 0 Å². The van der Waals surface area contributed by atoms with Crippen molar-refractivity contribution < 1.29 is 23.0 Å². The van der Waals surface area contributed by atoms with E-state index in [1.54, 1.807) is 0 Å². The number of hydrogen-bond acceptors (Lipinski definition) is 2. The van der Waals surface area contributed by atoms with Gasteiger partial charge in [-0.15, -0.1) is 0 Å². The maximum atomic E-state index is 11.6. The Labute approximate surface area is 50.2 Å². The van der Waals surface area contributed by atoms with Gasteiger partial charge in [-0.05, 0) is 0 Å². The fourth-order valence-electron chi connectivity index (χ4n) is 0.238. The normalized spacial score (nSPS) is 14.3. The van der Waals surface area contributed by atoms with Crippen LogP contribution in [0.4, 0.5) is 13.2 Å². The van der Waals surface area contributed by atoms with Crippen LogP contribution >= 0.6 is 0 Å². The highest BCUT2D eigenvalue weighted by molar-refractivity contribution is 4.41. The first kappa shape index (κ1) is 8.71. The number of hydrogen-bond donors (Lipinski definition) is 1. The molecule has 0 rings (SSSR count). The minimum atomic E-state index is -3.13. The zero-order valence-electron chi connectivity index (χ0n) is 4.56. The third-order valence-electron chi connectivity index (χ3n) is 0.566. The molecule has 1 atom stereocenters. The van der Waals surface area contributed by atoms with Gasteiger partial charge in [0.25, 0.3) is 12.8 Å². The van der Waals surface area contributed by atoms with Gasteiger partial charge in [0.05, 0.1) is 13.2 Å². The maximum absolute atomic E-state index is 11.6. The second kappa shape index (κ2) is 4.58. The van der Waals surface area contributed by atoms with Crippen LogP contribution in [0, 0.1) is 0 Å². The predicted octanol–water partition coefficient (Wildman–Crippen LogP) is 0.556. The van der Waals surface area contributed by atoms with Crippen LogP contribution in [0.15, 0.2) is 0 Å². The van der Waals surface area contributed by atoms with E-state index in [1.165, 1.54) is 0 Å². The Morgan fingerprint density at radius 3 is 2.22 bits per heavy atom. The Hall–Kier alpha value is -0.290. The molecule has 0 radical (unpaired) electrons. The van der Waals surface area contributed by atoms with Gasteiger partial charge in [-0.1, -0.05) is 0 Å². The van der Waals surface area contributed by atoms with Crippen LogP contribution in [0.5, 0.6) is 0 Å². The number of rotatable bonds is 4. The number of alkyl halides is 3. The van der Waals surface area contributed by atoms with Gasteiger partial charge in [-0.25, -0.2) is 13.2 Å². The van der Waals surface area contributed by atoms with Gasteiger partial charge in [-0.3, -0.25) is 0 Å². The van der Waals surface area contributed by atoms with Crippen molar-refractivity contribution in [3.63, 3.8) is 0 Å². The Balaban J connectivity index is 3.16. The summed E-state index contributed by atoms with van der Waals surface area (Å²) in [5, 5.41) is 7.96. The van der Waals surface area contributed by atoms with E-state index in [0.717, 1.165) is 0 Å². The fourth-order valence-corrected chi connectivity index (χ4v) is 0.238. The summed E-state index contributed by atoms with van der Waals surface area (Å²) < 4.78 is 37.8. The van der Waals surface area contributed by atoms with Gasteiger partial charge >= 0.3 is 0 Å². The molecule has 0 aromatic rings. The summed E-state index contributed by atoms with van der Waals surface area (Å²) in [7, 11) is 0. The van der Waals surface area contributed by atoms with Crippen molar-refractivity contribution >= 4 is 0 Å². The van der Waals surface area contributed by atoms with Crippen LogP contribution in [0.1, 0.15) is 0 Å². The van der Waals surface area contributed by atoms with Crippen LogP contribution in [-0.4, -0.2) is 31.1 Å². The van der Waals surface area contributed by atoms with Gasteiger partial charge in [0.2, 0.25) is 0 Å². The molecule has 0 heterocycles. The summed E-state index contributed by atoms with van der Waals surface area (Å²) in [5.41, 5.74) is 0. The molecule has 0 aromatic heterocycles. The quantitative estimate of drug-likeness (QED) is 0.624. The highest BCUT2D eigenvalue weighted by Crippen LogP contribution is 2.05. The van der Waals surface area contributed by atoms with Crippen molar-refractivity contribution in [2.45, 2.75) is 12.8 Å². The summed E-state index contributed by atoms with van der Waals surface area (Å²) in [6.45, 7) is -0.849. The van der Waals surface area contributed by atoms with E-state index in [4.69, 9.17) is 5.11 Å². The SMILES string of the molecule is OCCOC(F)C(F)F. The number of aliphatic hydroxyl groups excluding tert-OH is 1. The lowest BCUT2D eigenvalue weighted by Crippen LogP contribution is -2.18. The minimum Gasteiger partial charge on any atom is -0.394 e. The molecule has 0 fully saturated rings. The Morgan fingerprint density at radius 2 is 1.89 bits per heavy atom. The predicted molar refractivity (Wildman–Crippen MR) is 23.9 cm³/mol. The molecule has 1 unspecified atom stereocenters. The Bertz CT molecular complexity index is 68.8. The lowest BCUT2D eigenvalue weighted by atomic mass is 10.7. The first-order chi connectivity index (χ1) is 4.18. The van der Waals surface area contributed by atoms with E-state index >= 15 is 0 Å². The molecule has 0 aliphatic carbocycles. The second-order valence-electron chi connectivity index (χ2n) is 1.28. The highest BCUT2D eigenvalue weighted by atomic mass is 19.3. The van der Waals surface area contributed by atoms with Crippen molar-refractivity contribution in [3.8, 4) is 0 Å². The molecule has 5 heteroatoms. The largest absolute Gasteiger partial charge is 0.394 e. The first-order valence-corrected chi connectivity index (χ1v) is 2.33. The number of halogens is 3. The molecule has 9 heavy (non-hydrogen) atoms. The molecule has 0 aromatic carbocycles. The molecule has 0 aliphatic heterocycles. The van der Waals surface area contributed by atoms with Gasteiger partial charge in [0.1, 0.15) is 0 Å². The summed E-state index contributed by atoms with van der Waals surface area (Å²) >= 11 is 0. The summed E-state index contributed by atoms with van der Waals surface area (Å²) in [4.78, 5) is 0. The molecule has 0 aliphatic rings. The first-order valence-electron chi connectivity index (χ1n) is 2.33. The summed E-state index contributed by atoms with van der Waals surface area (Å²) in [6.07, 6.45) is -5.70. The molecule has 56 valence electrons. The van der Waals surface area contributed by atoms with Gasteiger partial charge < -0.3 is 9.84 Å². The van der Waals surface area contributed by atoms with Crippen LogP contribution in [0.25, 0.3) is 0 Å². The molecular weight excluding hydrogens is 137 g/mol. The molecule has 2 nitrogen and oxygen atoms in total. The van der Waals surface area contributed by atoms with Crippen LogP contribution in [-0.2, 0) is 4.74 Å². The van der Waals surface area contributed by atoms with Gasteiger partial charge in [-0.2, -0.15) is 0 Å². The molecule has 0 spiro atoms. The summed E-state index contributed by atoms with van der Waals surface area (Å²) in [5.74, 6) is 0. The third kappa shape index (κ3) is 4.23. The second-order valence-corrected chi connectivity index (χ2v) is 1.28. The molecule has 0 saturated carbocycles. The molecule has 1 N–H and O–H groups in total. The summed E-state index contributed by atoms with van der Waals surface area (Å²) in [6, 6.07) is 0. The van der Waals surface area contributed by atoms with Gasteiger partial charge in [0, 0.05) is 0 Å². The number of aliphatic hydroxyl groups is 1. The Kier molecular flexibility index (Phi) is 4.43. The Morgan fingerprint density at radius 1 is 1.33 bits per heavy atom. The smallest absolute Gasteiger partial charge is 0.293 e. The molecular formula is C4H7F3O2. The fraction of sp³-hybridized carbons (Fsp3) is 1.00. The average molecular weight is 144 g/mol. The zero-order valence-corrected chi connectivity index (χ0v) is 4.56. The van der Waals surface area contributed by atoms with Crippen molar-refractivity contribution in [2.24, 2.45) is 0 Å². The van der Waals surface area contributed by atoms with E-state index in [9.17, 15) is 13.2 Å². The van der Waals surface area contributed by atoms with Crippen molar-refractivity contribution in [1.82, 2.24) is 0 Å². The van der Waals surface area contributed by atoms with Crippen LogP contribution in [0.2, 0.25) is 0 Å². The van der Waals surface area contributed by atoms with Gasteiger partial charge in [0.15, 0.2) is 0 Å². The monoisotopic (exact) mass is 144 g/mol. The zero-order chi connectivity index (χ0) is 7.28. The van der Waals surface area contributed by atoms with E-state index in [0.29, 0.717) is 0 Å². The van der Waals surface area contributed by atoms with Crippen molar-refractivity contribution in [3.05, 3.63) is 0 Å². The molecule has 0 saturated heterocycles. The van der Waals surface area contributed by atoms with E-state index in [-0.39, 0.29) is 0 Å². The average Bonchev–Trinajstić information content (AvgIpc) is 1.82. The van der Waals surface area contributed by atoms with Crippen LogP contribution in [0.3, 0.4) is 0 Å². The lowest BCUT2D eigenvalue weighted by molar-refractivity contribution is -0.133. The standard InChI is InChI=1S/C4H7F3O2/c5-3(6)4(7)9-2-1-8/h3-4,8H,1-2H2. The molecule has 0 amide bonds. The minimum absolute atomic E-state index is 0.397.